The van der Waals surface area contributed by atoms with Crippen molar-refractivity contribution >= 4 is 82.3 Å². The Labute approximate surface area is 545 Å². The fourth-order valence-corrected chi connectivity index (χ4v) is 11.9. The van der Waals surface area contributed by atoms with Crippen LogP contribution in [0.25, 0.3) is 0 Å². The number of para-hydroxylation sites is 2. The lowest BCUT2D eigenvalue weighted by molar-refractivity contribution is -0.197. The maximum absolute atomic E-state index is 14.2. The van der Waals surface area contributed by atoms with Crippen LogP contribution in [0.5, 0.6) is 28.7 Å². The molecule has 5 aliphatic rings. The number of carbonyl (C=O) groups excluding carboxylic acids is 7. The summed E-state index contributed by atoms with van der Waals surface area (Å²) in [5, 5.41) is 7.80. The molecule has 5 aliphatic heterocycles. The number of hydrogen-bond acceptors (Lipinski definition) is 17. The van der Waals surface area contributed by atoms with E-state index in [4.69, 9.17) is 43.2 Å². The zero-order valence-corrected chi connectivity index (χ0v) is 53.6. The summed E-state index contributed by atoms with van der Waals surface area (Å²) < 4.78 is 38.0. The molecule has 6 amide bonds. The van der Waals surface area contributed by atoms with Crippen molar-refractivity contribution in [1.82, 2.24) is 15.8 Å². The van der Waals surface area contributed by atoms with E-state index < -0.39 is 34.9 Å². The van der Waals surface area contributed by atoms with E-state index in [1.807, 2.05) is 137 Å². The van der Waals surface area contributed by atoms with Crippen LogP contribution in [0.2, 0.25) is 0 Å². The average molecular weight is 1280 g/mol. The first kappa shape index (κ1) is 65.3. The standard InChI is InChI=1S/C72H76N8O14/c1-71(2,28-27-64(81)73-30-15-14-20-55(47-16-8-7-9-17-47)76-77-65(82)23-26-68(85)94-80-66(83)24-25-67(80)84)92-31-29-72(3,4)93-52-33-45(43-90-62-39-56-53(37-60(62)88-5)69(86)78-50(41-74-56)35-48-18-10-12-21-58(48)78)32-46(34-52)44-91-63-40-57-54(38-61(63)89-6)70(87)79-51(42-75-57)36-49-19-11-13-22-59(49)79/h7-13,16-19,21-22,32-34,37-42,50-51H,14-15,20,23-31,35-36,43-44H2,1-6H3,(H,73,81)(H,77,82)/b76-55-/t50-,51-/m0/s1. The van der Waals surface area contributed by atoms with Crippen molar-refractivity contribution in [1.29, 1.82) is 0 Å². The van der Waals surface area contributed by atoms with Crippen molar-refractivity contribution in [2.45, 2.75) is 141 Å². The molecule has 0 unspecified atom stereocenters. The molecular weight excluding hydrogens is 1200 g/mol. The zero-order valence-electron chi connectivity index (χ0n) is 53.6. The number of carbonyl (C=O) groups is 7. The number of hydrogen-bond donors (Lipinski definition) is 2. The summed E-state index contributed by atoms with van der Waals surface area (Å²) in [5.74, 6) is -1.03. The molecule has 22 heteroatoms. The number of ether oxygens (including phenoxy) is 6. The molecule has 11 rings (SSSR count). The van der Waals surface area contributed by atoms with Gasteiger partial charge in [0, 0.05) is 87.4 Å². The van der Waals surface area contributed by atoms with Gasteiger partial charge >= 0.3 is 5.97 Å². The number of unbranched alkanes of at least 4 members (excludes halogenated alkanes) is 1. The van der Waals surface area contributed by atoms with E-state index >= 15 is 0 Å². The van der Waals surface area contributed by atoms with Crippen LogP contribution in [0.4, 0.5) is 22.7 Å². The SMILES string of the molecule is COc1cc2c(cc1OCc1cc(COc3cc4c(cc3OC)C(=O)N3c5ccccc5C[C@H]3C=N4)cc(OC(C)(C)CCOC(C)(C)CCC(=O)NCCCC/C(=N/NC(=O)CCC(=O)ON3C(=O)CCC3=O)c3ccccc3)c1)N=C[C@@H]1Cc3ccccc3N1C2=O. The summed E-state index contributed by atoms with van der Waals surface area (Å²) in [6.07, 6.45) is 7.23. The number of nitrogens with one attached hydrogen (secondary N) is 2. The second-order valence-corrected chi connectivity index (χ2v) is 24.8. The molecule has 6 aromatic carbocycles. The third kappa shape index (κ3) is 15.5. The number of amides is 6. The number of aliphatic imine (C=N–C) groups is 2. The second kappa shape index (κ2) is 28.7. The van der Waals surface area contributed by atoms with Gasteiger partial charge in [-0.1, -0.05) is 66.7 Å². The second-order valence-electron chi connectivity index (χ2n) is 24.8. The van der Waals surface area contributed by atoms with Gasteiger partial charge < -0.3 is 38.6 Å². The molecule has 0 aliphatic carbocycles. The topological polar surface area (TPSA) is 255 Å². The predicted octanol–water partition coefficient (Wildman–Crippen LogP) is 10.8. The van der Waals surface area contributed by atoms with Crippen LogP contribution in [-0.2, 0) is 59.6 Å². The number of benzene rings is 6. The molecular formula is C72H76N8O14. The largest absolute Gasteiger partial charge is 0.493 e. The summed E-state index contributed by atoms with van der Waals surface area (Å²) in [6.45, 7) is 8.75. The van der Waals surface area contributed by atoms with Gasteiger partial charge in [-0.15, -0.1) is 5.06 Å². The fraction of sp³-hybridized carbons (Fsp3) is 0.361. The number of methoxy groups -OCH3 is 2. The summed E-state index contributed by atoms with van der Waals surface area (Å²) in [6, 6.07) is 37.2. The molecule has 2 atom stereocenters. The minimum absolute atomic E-state index is 0.0313. The lowest BCUT2D eigenvalue weighted by atomic mass is 10.0. The maximum Gasteiger partial charge on any atom is 0.333 e. The van der Waals surface area contributed by atoms with Gasteiger partial charge in [0.2, 0.25) is 11.8 Å². The predicted molar refractivity (Wildman–Crippen MR) is 352 cm³/mol. The number of fused-ring (bicyclic) bond motifs is 8. The van der Waals surface area contributed by atoms with Gasteiger partial charge in [-0.3, -0.25) is 48.6 Å². The molecule has 488 valence electrons. The molecule has 0 bridgehead atoms. The van der Waals surface area contributed by atoms with Gasteiger partial charge in [0.05, 0.1) is 73.1 Å². The van der Waals surface area contributed by atoms with E-state index in [1.54, 1.807) is 34.1 Å². The first-order valence-corrected chi connectivity index (χ1v) is 31.6. The van der Waals surface area contributed by atoms with Gasteiger partial charge in [-0.25, -0.2) is 10.2 Å². The van der Waals surface area contributed by atoms with E-state index in [0.717, 1.165) is 39.2 Å². The molecule has 94 heavy (non-hydrogen) atoms. The van der Waals surface area contributed by atoms with Crippen molar-refractivity contribution in [2.75, 3.05) is 37.2 Å². The van der Waals surface area contributed by atoms with Gasteiger partial charge in [-0.05, 0) is 124 Å². The van der Waals surface area contributed by atoms with Crippen LogP contribution in [0.15, 0.2) is 136 Å². The van der Waals surface area contributed by atoms with Crippen LogP contribution >= 0.6 is 0 Å². The maximum atomic E-state index is 14.2. The van der Waals surface area contributed by atoms with Crippen LogP contribution in [0.3, 0.4) is 0 Å². The van der Waals surface area contributed by atoms with Crippen LogP contribution in [0, 0.1) is 0 Å². The Bertz CT molecular complexity index is 3820. The Kier molecular flexibility index (Phi) is 20.0. The molecule has 1 saturated heterocycles. The van der Waals surface area contributed by atoms with E-state index in [1.165, 1.54) is 14.2 Å². The molecule has 0 radical (unpaired) electrons. The van der Waals surface area contributed by atoms with Gasteiger partial charge in [0.15, 0.2) is 23.0 Å². The van der Waals surface area contributed by atoms with Crippen molar-refractivity contribution in [3.63, 3.8) is 0 Å². The first-order chi connectivity index (χ1) is 45.3. The van der Waals surface area contributed by atoms with E-state index in [2.05, 4.69) is 15.8 Å². The number of hydrazone groups is 1. The van der Waals surface area contributed by atoms with Gasteiger partial charge in [0.25, 0.3) is 23.6 Å². The van der Waals surface area contributed by atoms with Gasteiger partial charge in [-0.2, -0.15) is 5.10 Å². The fourth-order valence-electron chi connectivity index (χ4n) is 11.9. The molecule has 2 N–H and O–H groups in total. The number of rotatable bonds is 28. The smallest absolute Gasteiger partial charge is 0.333 e. The average Bonchev–Trinajstić information content (AvgIpc) is 1.60. The van der Waals surface area contributed by atoms with Crippen LogP contribution in [0.1, 0.15) is 140 Å². The third-order valence-electron chi connectivity index (χ3n) is 17.0. The molecule has 0 spiro atoms. The molecule has 5 heterocycles. The molecule has 22 nitrogen and oxygen atoms in total. The van der Waals surface area contributed by atoms with Crippen molar-refractivity contribution < 1.29 is 66.8 Å². The monoisotopic (exact) mass is 1280 g/mol. The first-order valence-electron chi connectivity index (χ1n) is 31.6. The molecule has 6 aromatic rings. The third-order valence-corrected chi connectivity index (χ3v) is 17.0. The van der Waals surface area contributed by atoms with Crippen molar-refractivity contribution in [2.24, 2.45) is 15.1 Å². The number of imide groups is 1. The summed E-state index contributed by atoms with van der Waals surface area (Å²) in [4.78, 5) is 108. The summed E-state index contributed by atoms with van der Waals surface area (Å²) in [5.41, 5.74) is 9.61. The zero-order chi connectivity index (χ0) is 66.1. The number of nitrogens with zero attached hydrogens (tertiary/aromatic N) is 6. The quantitative estimate of drug-likeness (QED) is 0.0201. The van der Waals surface area contributed by atoms with E-state index in [9.17, 15) is 33.6 Å². The van der Waals surface area contributed by atoms with Gasteiger partial charge in [0.1, 0.15) is 24.6 Å². The summed E-state index contributed by atoms with van der Waals surface area (Å²) in [7, 11) is 3.07. The Hall–Kier alpha value is -10.2. The normalized spacial score (nSPS) is 16.3. The van der Waals surface area contributed by atoms with Crippen LogP contribution < -0.4 is 44.2 Å². The number of hydroxylamine groups is 2. The van der Waals surface area contributed by atoms with Crippen molar-refractivity contribution in [3.05, 3.63) is 160 Å². The Balaban J connectivity index is 0.703. The lowest BCUT2D eigenvalue weighted by Crippen LogP contribution is -2.37. The molecule has 0 aromatic heterocycles. The van der Waals surface area contributed by atoms with Crippen LogP contribution in [-0.4, -0.2) is 115 Å². The number of anilines is 2. The van der Waals surface area contributed by atoms with E-state index in [0.29, 0.717) is 120 Å². The lowest BCUT2D eigenvalue weighted by Gasteiger charge is -2.30. The summed E-state index contributed by atoms with van der Waals surface area (Å²) >= 11 is 0. The highest BCUT2D eigenvalue weighted by Gasteiger charge is 2.39. The Morgan fingerprint density at radius 1 is 0.596 bits per heavy atom. The van der Waals surface area contributed by atoms with E-state index in [-0.39, 0.29) is 75.1 Å². The molecule has 0 saturated carbocycles. The minimum atomic E-state index is -0.880. The Morgan fingerprint density at radius 2 is 1.15 bits per heavy atom. The highest BCUT2D eigenvalue weighted by Crippen LogP contribution is 2.44. The molecule has 1 fully saturated rings. The highest BCUT2D eigenvalue weighted by atomic mass is 16.7. The Morgan fingerprint density at radius 3 is 1.71 bits per heavy atom. The minimum Gasteiger partial charge on any atom is -0.493 e. The van der Waals surface area contributed by atoms with Crippen molar-refractivity contribution in [3.8, 4) is 28.7 Å². The highest BCUT2D eigenvalue weighted by molar-refractivity contribution is 6.16.